The lowest BCUT2D eigenvalue weighted by Crippen LogP contribution is -2.25. The molecule has 0 bridgehead atoms. The number of rotatable bonds is 3. The minimum absolute atomic E-state index is 0.0902. The highest BCUT2D eigenvalue weighted by molar-refractivity contribution is 6.67. The molecule has 2 rings (SSSR count). The number of halogens is 1. The Morgan fingerprint density at radius 3 is 2.60 bits per heavy atom. The van der Waals surface area contributed by atoms with Crippen LogP contribution in [0.4, 0.5) is 0 Å². The van der Waals surface area contributed by atoms with Crippen LogP contribution >= 0.6 is 11.6 Å². The first kappa shape index (κ1) is 14.3. The molecule has 0 aliphatic rings. The Bertz CT molecular complexity index is 738. The van der Waals surface area contributed by atoms with Gasteiger partial charge in [-0.25, -0.2) is 4.68 Å². The van der Waals surface area contributed by atoms with Crippen molar-refractivity contribution in [1.82, 2.24) is 9.78 Å². The molecule has 0 N–H and O–H groups in total. The summed E-state index contributed by atoms with van der Waals surface area (Å²) in [6, 6.07) is 6.88. The largest absolute Gasteiger partial charge is 0.496 e. The number of benzene rings is 1. The number of carbonyl (C=O) groups is 1. The van der Waals surface area contributed by atoms with Gasteiger partial charge in [0.1, 0.15) is 11.3 Å². The second-order valence-electron chi connectivity index (χ2n) is 4.33. The minimum atomic E-state index is -0.792. The first-order chi connectivity index (χ1) is 9.43. The van der Waals surface area contributed by atoms with E-state index in [1.807, 2.05) is 13.0 Å². The molecule has 5 nitrogen and oxygen atoms in total. The summed E-state index contributed by atoms with van der Waals surface area (Å²) in [6.07, 6.45) is 0. The summed E-state index contributed by atoms with van der Waals surface area (Å²) in [5, 5.41) is 3.34. The lowest BCUT2D eigenvalue weighted by molar-refractivity contribution is 0.107. The second-order valence-corrected chi connectivity index (χ2v) is 4.67. The van der Waals surface area contributed by atoms with Gasteiger partial charge >= 0.3 is 0 Å². The lowest BCUT2D eigenvalue weighted by atomic mass is 10.1. The summed E-state index contributed by atoms with van der Waals surface area (Å²) in [5.41, 5.74) is 1.60. The third-order valence-electron chi connectivity index (χ3n) is 2.97. The second kappa shape index (κ2) is 5.46. The zero-order chi connectivity index (χ0) is 14.9. The van der Waals surface area contributed by atoms with Crippen LogP contribution in [0.25, 0.3) is 11.3 Å². The molecule has 1 aromatic heterocycles. The van der Waals surface area contributed by atoms with Crippen molar-refractivity contribution in [3.8, 4) is 17.0 Å². The van der Waals surface area contributed by atoms with Crippen LogP contribution in [-0.4, -0.2) is 22.1 Å². The Labute approximate surface area is 120 Å². The molecule has 1 aromatic carbocycles. The standard InChI is InChI=1S/C14H13ClN2O3/c1-8-6-9(4-5-12(8)20-3)11-7-10(13(15)18)14(19)17(2)16-11/h4-7H,1-3H3. The van der Waals surface area contributed by atoms with E-state index in [9.17, 15) is 9.59 Å². The Hall–Kier alpha value is -2.14. The maximum atomic E-state index is 11.7. The molecule has 0 amide bonds. The van der Waals surface area contributed by atoms with Crippen LogP contribution in [0.3, 0.4) is 0 Å². The fourth-order valence-electron chi connectivity index (χ4n) is 1.93. The van der Waals surface area contributed by atoms with Gasteiger partial charge in [-0.05, 0) is 48.4 Å². The molecule has 0 radical (unpaired) electrons. The predicted octanol–water partition coefficient (Wildman–Crippen LogP) is 2.14. The Morgan fingerprint density at radius 2 is 2.05 bits per heavy atom. The number of ether oxygens (including phenoxy) is 1. The topological polar surface area (TPSA) is 61.2 Å². The molecule has 104 valence electrons. The quantitative estimate of drug-likeness (QED) is 0.813. The molecule has 0 unspecified atom stereocenters. The molecular weight excluding hydrogens is 280 g/mol. The van der Waals surface area contributed by atoms with Gasteiger partial charge in [0.15, 0.2) is 0 Å². The van der Waals surface area contributed by atoms with Crippen LogP contribution in [0.15, 0.2) is 29.1 Å². The average molecular weight is 293 g/mol. The highest BCUT2D eigenvalue weighted by Gasteiger charge is 2.13. The van der Waals surface area contributed by atoms with E-state index in [0.717, 1.165) is 21.6 Å². The number of carbonyl (C=O) groups excluding carboxylic acids is 1. The Morgan fingerprint density at radius 1 is 1.35 bits per heavy atom. The molecule has 2 aromatic rings. The highest BCUT2D eigenvalue weighted by Crippen LogP contribution is 2.24. The third kappa shape index (κ3) is 2.58. The van der Waals surface area contributed by atoms with Gasteiger partial charge in [0.2, 0.25) is 0 Å². The maximum absolute atomic E-state index is 11.7. The number of aromatic nitrogens is 2. The average Bonchev–Trinajstić information content (AvgIpc) is 2.41. The van der Waals surface area contributed by atoms with Gasteiger partial charge in [-0.15, -0.1) is 0 Å². The molecule has 0 aliphatic carbocycles. The van der Waals surface area contributed by atoms with Crippen LogP contribution in [0.5, 0.6) is 5.75 Å². The summed E-state index contributed by atoms with van der Waals surface area (Å²) in [6.45, 7) is 1.90. The van der Waals surface area contributed by atoms with E-state index in [4.69, 9.17) is 16.3 Å². The van der Waals surface area contributed by atoms with E-state index >= 15 is 0 Å². The van der Waals surface area contributed by atoms with Crippen molar-refractivity contribution < 1.29 is 9.53 Å². The van der Waals surface area contributed by atoms with E-state index in [1.54, 1.807) is 19.2 Å². The summed E-state index contributed by atoms with van der Waals surface area (Å²) >= 11 is 5.42. The number of nitrogens with zero attached hydrogens (tertiary/aromatic N) is 2. The van der Waals surface area contributed by atoms with E-state index in [0.29, 0.717) is 5.69 Å². The molecule has 0 atom stereocenters. The zero-order valence-electron chi connectivity index (χ0n) is 11.3. The van der Waals surface area contributed by atoms with E-state index in [2.05, 4.69) is 5.10 Å². The highest BCUT2D eigenvalue weighted by atomic mass is 35.5. The SMILES string of the molecule is COc1ccc(-c2cc(C(=O)Cl)c(=O)n(C)n2)cc1C. The van der Waals surface area contributed by atoms with Gasteiger partial charge < -0.3 is 4.74 Å². The first-order valence-electron chi connectivity index (χ1n) is 5.87. The Balaban J connectivity index is 2.61. The van der Waals surface area contributed by atoms with Crippen LogP contribution in [0.2, 0.25) is 0 Å². The van der Waals surface area contributed by atoms with E-state index in [1.165, 1.54) is 13.1 Å². The maximum Gasteiger partial charge on any atom is 0.278 e. The smallest absolute Gasteiger partial charge is 0.278 e. The van der Waals surface area contributed by atoms with Crippen molar-refractivity contribution in [2.75, 3.05) is 7.11 Å². The Kier molecular flexibility index (Phi) is 3.90. The van der Waals surface area contributed by atoms with Crippen molar-refractivity contribution in [3.63, 3.8) is 0 Å². The molecule has 0 aliphatic heterocycles. The fourth-order valence-corrected chi connectivity index (χ4v) is 2.06. The summed E-state index contributed by atoms with van der Waals surface area (Å²) in [4.78, 5) is 23.0. The summed E-state index contributed by atoms with van der Waals surface area (Å²) < 4.78 is 6.29. The van der Waals surface area contributed by atoms with Gasteiger partial charge in [0.05, 0.1) is 12.8 Å². The zero-order valence-corrected chi connectivity index (χ0v) is 12.1. The van der Waals surface area contributed by atoms with Gasteiger partial charge in [-0.2, -0.15) is 5.10 Å². The van der Waals surface area contributed by atoms with E-state index in [-0.39, 0.29) is 5.56 Å². The molecule has 0 saturated heterocycles. The van der Waals surface area contributed by atoms with Gasteiger partial charge in [0, 0.05) is 12.6 Å². The number of hydrogen-bond donors (Lipinski definition) is 0. The van der Waals surface area contributed by atoms with Gasteiger partial charge in [0.25, 0.3) is 10.8 Å². The first-order valence-corrected chi connectivity index (χ1v) is 6.25. The number of aryl methyl sites for hydroxylation is 2. The van der Waals surface area contributed by atoms with Crippen molar-refractivity contribution in [2.45, 2.75) is 6.92 Å². The van der Waals surface area contributed by atoms with Crippen LogP contribution in [0, 0.1) is 6.92 Å². The monoisotopic (exact) mass is 292 g/mol. The fraction of sp³-hybridized carbons (Fsp3) is 0.214. The van der Waals surface area contributed by atoms with Gasteiger partial charge in [-0.3, -0.25) is 9.59 Å². The molecular formula is C14H13ClN2O3. The van der Waals surface area contributed by atoms with Crippen molar-refractivity contribution in [2.24, 2.45) is 7.05 Å². The summed E-state index contributed by atoms with van der Waals surface area (Å²) in [7, 11) is 3.07. The molecule has 0 spiro atoms. The molecule has 0 saturated carbocycles. The van der Waals surface area contributed by atoms with Crippen LogP contribution in [-0.2, 0) is 7.05 Å². The molecule has 1 heterocycles. The van der Waals surface area contributed by atoms with Crippen molar-refractivity contribution >= 4 is 16.8 Å². The minimum Gasteiger partial charge on any atom is -0.496 e. The lowest BCUT2D eigenvalue weighted by Gasteiger charge is -2.08. The number of hydrogen-bond acceptors (Lipinski definition) is 4. The summed E-state index contributed by atoms with van der Waals surface area (Å²) in [5.74, 6) is 0.757. The molecule has 6 heteroatoms. The van der Waals surface area contributed by atoms with Crippen LogP contribution < -0.4 is 10.3 Å². The number of methoxy groups -OCH3 is 1. The van der Waals surface area contributed by atoms with Crippen LogP contribution in [0.1, 0.15) is 15.9 Å². The van der Waals surface area contributed by atoms with E-state index < -0.39 is 10.8 Å². The normalized spacial score (nSPS) is 10.4. The van der Waals surface area contributed by atoms with Crippen molar-refractivity contribution in [1.29, 1.82) is 0 Å². The van der Waals surface area contributed by atoms with Crippen molar-refractivity contribution in [3.05, 3.63) is 45.7 Å². The predicted molar refractivity (Wildman–Crippen MR) is 76.4 cm³/mol. The van der Waals surface area contributed by atoms with Gasteiger partial charge in [-0.1, -0.05) is 0 Å². The third-order valence-corrected chi connectivity index (χ3v) is 3.17. The molecule has 0 fully saturated rings. The molecule has 20 heavy (non-hydrogen) atoms.